The predicted octanol–water partition coefficient (Wildman–Crippen LogP) is 1.95. The van der Waals surface area contributed by atoms with E-state index in [1.54, 1.807) is 0 Å². The summed E-state index contributed by atoms with van der Waals surface area (Å²) in [4.78, 5) is 0.407. The number of halogens is 1. The Hall–Kier alpha value is -0.340. The van der Waals surface area contributed by atoms with Crippen LogP contribution in [0.1, 0.15) is 5.56 Å². The summed E-state index contributed by atoms with van der Waals surface area (Å²) in [5.41, 5.74) is 6.81. The summed E-state index contributed by atoms with van der Waals surface area (Å²) >= 11 is 3.49. The number of alkyl halides is 1. The highest BCUT2D eigenvalue weighted by Gasteiger charge is 2.00. The van der Waals surface area contributed by atoms with Crippen molar-refractivity contribution in [3.63, 3.8) is 0 Å². The zero-order valence-corrected chi connectivity index (χ0v) is 7.92. The van der Waals surface area contributed by atoms with Crippen molar-refractivity contribution in [2.45, 2.75) is 11.2 Å². The summed E-state index contributed by atoms with van der Waals surface area (Å²) in [6.45, 7) is 0.689. The molecular weight excluding hydrogens is 202 g/mol. The highest BCUT2D eigenvalue weighted by Crippen LogP contribution is 2.07. The van der Waals surface area contributed by atoms with Gasteiger partial charge in [0.05, 0.1) is 0 Å². The Balaban J connectivity index is 2.51. The van der Waals surface area contributed by atoms with Crippen molar-refractivity contribution < 1.29 is 0 Å². The molecule has 0 fully saturated rings. The van der Waals surface area contributed by atoms with Gasteiger partial charge < -0.3 is 5.73 Å². The van der Waals surface area contributed by atoms with Gasteiger partial charge in [-0.3, -0.25) is 0 Å². The fourth-order valence-corrected chi connectivity index (χ4v) is 1.33. The molecule has 60 valence electrons. The number of rotatable bonds is 3. The first-order chi connectivity index (χ1) is 5.33. The van der Waals surface area contributed by atoms with Crippen molar-refractivity contribution in [3.05, 3.63) is 35.9 Å². The van der Waals surface area contributed by atoms with Crippen LogP contribution >= 0.6 is 15.9 Å². The Morgan fingerprint density at radius 1 is 1.27 bits per heavy atom. The fraction of sp³-hybridized carbons (Fsp3) is 0.333. The number of nitrogens with two attached hydrogens (primary N) is 1. The lowest BCUT2D eigenvalue weighted by atomic mass is 10.1. The van der Waals surface area contributed by atoms with Crippen molar-refractivity contribution >= 4 is 15.9 Å². The summed E-state index contributed by atoms with van der Waals surface area (Å²) in [7, 11) is 0. The second-order valence-corrected chi connectivity index (χ2v) is 3.82. The molecule has 0 saturated heterocycles. The maximum Gasteiger partial charge on any atom is 0.0308 e. The average Bonchev–Trinajstić information content (AvgIpc) is 2.06. The largest absolute Gasteiger partial charge is 0.329 e. The van der Waals surface area contributed by atoms with Crippen LogP contribution in [0.25, 0.3) is 0 Å². The van der Waals surface area contributed by atoms with Gasteiger partial charge in [0.15, 0.2) is 0 Å². The van der Waals surface area contributed by atoms with Gasteiger partial charge in [-0.15, -0.1) is 0 Å². The molecule has 1 unspecified atom stereocenters. The van der Waals surface area contributed by atoms with E-state index in [0.717, 1.165) is 6.42 Å². The van der Waals surface area contributed by atoms with Crippen molar-refractivity contribution in [2.24, 2.45) is 5.73 Å². The molecule has 0 aromatic heterocycles. The van der Waals surface area contributed by atoms with E-state index in [4.69, 9.17) is 5.73 Å². The van der Waals surface area contributed by atoms with E-state index in [-0.39, 0.29) is 0 Å². The third-order valence-electron chi connectivity index (χ3n) is 1.56. The van der Waals surface area contributed by atoms with Crippen LogP contribution in [0.2, 0.25) is 0 Å². The van der Waals surface area contributed by atoms with Gasteiger partial charge in [0.25, 0.3) is 0 Å². The number of hydrogen-bond acceptors (Lipinski definition) is 1. The molecule has 0 radical (unpaired) electrons. The number of benzene rings is 1. The quantitative estimate of drug-likeness (QED) is 0.764. The molecule has 1 nitrogen and oxygen atoms in total. The Labute approximate surface area is 75.7 Å². The van der Waals surface area contributed by atoms with E-state index >= 15 is 0 Å². The average molecular weight is 214 g/mol. The second kappa shape index (κ2) is 4.52. The Bertz CT molecular complexity index is 198. The van der Waals surface area contributed by atoms with Crippen LogP contribution < -0.4 is 5.73 Å². The van der Waals surface area contributed by atoms with Gasteiger partial charge in [0, 0.05) is 11.4 Å². The molecule has 0 saturated carbocycles. The topological polar surface area (TPSA) is 26.0 Å². The van der Waals surface area contributed by atoms with Gasteiger partial charge >= 0.3 is 0 Å². The summed E-state index contributed by atoms with van der Waals surface area (Å²) in [6, 6.07) is 10.3. The van der Waals surface area contributed by atoms with Crippen molar-refractivity contribution in [1.29, 1.82) is 0 Å². The summed E-state index contributed by atoms with van der Waals surface area (Å²) < 4.78 is 0. The van der Waals surface area contributed by atoms with Gasteiger partial charge in [0.2, 0.25) is 0 Å². The fourth-order valence-electron chi connectivity index (χ4n) is 0.953. The molecule has 0 heterocycles. The molecule has 1 atom stereocenters. The maximum atomic E-state index is 5.47. The van der Waals surface area contributed by atoms with E-state index in [1.165, 1.54) is 5.56 Å². The van der Waals surface area contributed by atoms with Gasteiger partial charge in [-0.05, 0) is 12.0 Å². The van der Waals surface area contributed by atoms with Crippen LogP contribution in [-0.2, 0) is 6.42 Å². The maximum absolute atomic E-state index is 5.47. The van der Waals surface area contributed by atoms with Crippen LogP contribution in [0.15, 0.2) is 30.3 Å². The zero-order chi connectivity index (χ0) is 8.10. The molecule has 1 aromatic rings. The Morgan fingerprint density at radius 3 is 2.45 bits per heavy atom. The highest BCUT2D eigenvalue weighted by molar-refractivity contribution is 9.09. The smallest absolute Gasteiger partial charge is 0.0308 e. The molecule has 11 heavy (non-hydrogen) atoms. The molecule has 0 aliphatic carbocycles. The first-order valence-corrected chi connectivity index (χ1v) is 4.62. The Kier molecular flexibility index (Phi) is 3.60. The van der Waals surface area contributed by atoms with Gasteiger partial charge in [0.1, 0.15) is 0 Å². The second-order valence-electron chi connectivity index (χ2n) is 2.52. The van der Waals surface area contributed by atoms with Crippen molar-refractivity contribution in [3.8, 4) is 0 Å². The van der Waals surface area contributed by atoms with E-state index in [9.17, 15) is 0 Å². The summed E-state index contributed by atoms with van der Waals surface area (Å²) in [5.74, 6) is 0. The molecule has 0 amide bonds. The molecule has 2 N–H and O–H groups in total. The van der Waals surface area contributed by atoms with Gasteiger partial charge in [-0.25, -0.2) is 0 Å². The van der Waals surface area contributed by atoms with Crippen LogP contribution in [0, 0.1) is 0 Å². The highest BCUT2D eigenvalue weighted by atomic mass is 79.9. The lowest BCUT2D eigenvalue weighted by Gasteiger charge is -2.05. The van der Waals surface area contributed by atoms with Gasteiger partial charge in [-0.1, -0.05) is 46.3 Å². The van der Waals surface area contributed by atoms with E-state index in [0.29, 0.717) is 11.4 Å². The van der Waals surface area contributed by atoms with Crippen LogP contribution in [-0.4, -0.2) is 11.4 Å². The van der Waals surface area contributed by atoms with Crippen LogP contribution in [0.3, 0.4) is 0 Å². The molecule has 0 aliphatic rings. The molecule has 0 bridgehead atoms. The zero-order valence-electron chi connectivity index (χ0n) is 6.33. The van der Waals surface area contributed by atoms with Crippen LogP contribution in [0.5, 0.6) is 0 Å². The minimum Gasteiger partial charge on any atom is -0.329 e. The predicted molar refractivity (Wildman–Crippen MR) is 51.9 cm³/mol. The first-order valence-electron chi connectivity index (χ1n) is 3.71. The lowest BCUT2D eigenvalue weighted by molar-refractivity contribution is 0.867. The van der Waals surface area contributed by atoms with E-state index < -0.39 is 0 Å². The van der Waals surface area contributed by atoms with E-state index in [2.05, 4.69) is 28.1 Å². The minimum absolute atomic E-state index is 0.407. The minimum atomic E-state index is 0.407. The van der Waals surface area contributed by atoms with Crippen molar-refractivity contribution in [1.82, 2.24) is 0 Å². The third-order valence-corrected chi connectivity index (χ3v) is 2.25. The molecule has 1 aromatic carbocycles. The summed E-state index contributed by atoms with van der Waals surface area (Å²) in [6.07, 6.45) is 1.01. The normalized spacial score (nSPS) is 12.9. The van der Waals surface area contributed by atoms with E-state index in [1.807, 2.05) is 18.2 Å². The molecular formula is C9H12BrN. The molecule has 0 spiro atoms. The number of hydrogen-bond donors (Lipinski definition) is 1. The van der Waals surface area contributed by atoms with Crippen molar-refractivity contribution in [2.75, 3.05) is 6.54 Å². The first kappa shape index (κ1) is 8.75. The molecule has 1 rings (SSSR count). The van der Waals surface area contributed by atoms with Crippen LogP contribution in [0.4, 0.5) is 0 Å². The summed E-state index contributed by atoms with van der Waals surface area (Å²) in [5, 5.41) is 0. The van der Waals surface area contributed by atoms with Gasteiger partial charge in [-0.2, -0.15) is 0 Å². The lowest BCUT2D eigenvalue weighted by Crippen LogP contribution is -2.15. The third kappa shape index (κ3) is 3.04. The molecule has 2 heteroatoms. The molecule has 0 aliphatic heterocycles. The monoisotopic (exact) mass is 213 g/mol. The SMILES string of the molecule is NCC(Br)Cc1ccccc1. The Morgan fingerprint density at radius 2 is 1.91 bits per heavy atom. The standard InChI is InChI=1S/C9H12BrN/c10-9(7-11)6-8-4-2-1-3-5-8/h1-5,9H,6-7,11H2.